The van der Waals surface area contributed by atoms with Gasteiger partial charge in [-0.25, -0.2) is 14.4 Å². The quantitative estimate of drug-likeness (QED) is 0.427. The fourth-order valence-corrected chi connectivity index (χ4v) is 4.37. The predicted molar refractivity (Wildman–Crippen MR) is 129 cm³/mol. The molecule has 3 N–H and O–H groups in total. The second kappa shape index (κ2) is 10.1. The van der Waals surface area contributed by atoms with Gasteiger partial charge in [0.2, 0.25) is 0 Å². The number of pyridine rings is 2. The second-order valence-corrected chi connectivity index (χ2v) is 9.02. The number of nitrogens with two attached hydrogens (primary N) is 1. The van der Waals surface area contributed by atoms with Crippen molar-refractivity contribution in [2.45, 2.75) is 32.0 Å². The van der Waals surface area contributed by atoms with Crippen molar-refractivity contribution in [2.24, 2.45) is 22.6 Å². The zero-order chi connectivity index (χ0) is 26.0. The van der Waals surface area contributed by atoms with E-state index in [1.54, 1.807) is 24.0 Å². The summed E-state index contributed by atoms with van der Waals surface area (Å²) in [5.74, 6) is 0.158. The Balaban J connectivity index is 1.54. The Morgan fingerprint density at radius 2 is 2.06 bits per heavy atom. The minimum atomic E-state index is -4.46. The molecule has 2 aromatic heterocycles. The van der Waals surface area contributed by atoms with Gasteiger partial charge in [-0.15, -0.1) is 0 Å². The van der Waals surface area contributed by atoms with Crippen molar-refractivity contribution < 1.29 is 22.4 Å². The Morgan fingerprint density at radius 1 is 1.28 bits per heavy atom. The summed E-state index contributed by atoms with van der Waals surface area (Å²) in [4.78, 5) is 27.7. The number of carbonyl (C=O) groups excluding carboxylic acids is 1. The zero-order valence-corrected chi connectivity index (χ0v) is 19.6. The van der Waals surface area contributed by atoms with Gasteiger partial charge in [0, 0.05) is 42.8 Å². The molecule has 1 unspecified atom stereocenters. The molecule has 36 heavy (non-hydrogen) atoms. The maximum absolute atomic E-state index is 13.7. The molecule has 1 aliphatic heterocycles. The molecule has 3 heterocycles. The molecule has 2 aliphatic rings. The minimum absolute atomic E-state index is 0.158. The molecule has 190 valence electrons. The van der Waals surface area contributed by atoms with Crippen LogP contribution in [0.1, 0.15) is 40.2 Å². The molecule has 1 saturated heterocycles. The molecule has 0 spiro atoms. The first-order valence-corrected chi connectivity index (χ1v) is 11.4. The third-order valence-corrected chi connectivity index (χ3v) is 6.44. The number of halogens is 4. The Morgan fingerprint density at radius 3 is 2.72 bits per heavy atom. The van der Waals surface area contributed by atoms with E-state index in [0.717, 1.165) is 37.5 Å². The average Bonchev–Trinajstić information content (AvgIpc) is 3.62. The SMILES string of the molecule is C=C(N=C/C(F)=C\N)c1ccc(C)nc1C(=O)N1C[C@@H]2C[C@@H]2CC1CNc1ccc(C(F)(F)F)cn1. The van der Waals surface area contributed by atoms with E-state index >= 15 is 0 Å². The average molecular weight is 503 g/mol. The van der Waals surface area contributed by atoms with E-state index in [0.29, 0.717) is 42.0 Å². The number of alkyl halides is 3. The number of piperidine rings is 1. The highest BCUT2D eigenvalue weighted by molar-refractivity contribution is 5.98. The fraction of sp³-hybridized carbons (Fsp3) is 0.360. The Kier molecular flexibility index (Phi) is 7.09. The Bertz CT molecular complexity index is 1210. The van der Waals surface area contributed by atoms with Crippen LogP contribution in [0, 0.1) is 18.8 Å². The summed E-state index contributed by atoms with van der Waals surface area (Å²) in [5, 5.41) is 3.06. The van der Waals surface area contributed by atoms with Gasteiger partial charge in [0.1, 0.15) is 11.5 Å². The molecule has 2 aromatic rings. The number of aromatic nitrogens is 2. The van der Waals surface area contributed by atoms with Crippen LogP contribution in [0.25, 0.3) is 5.70 Å². The normalized spacial score (nSPS) is 21.9. The molecule has 0 aromatic carbocycles. The molecule has 3 atom stereocenters. The van der Waals surface area contributed by atoms with Crippen LogP contribution in [0.3, 0.4) is 0 Å². The zero-order valence-electron chi connectivity index (χ0n) is 19.6. The summed E-state index contributed by atoms with van der Waals surface area (Å²) < 4.78 is 51.9. The molecule has 0 radical (unpaired) electrons. The Labute approximate surface area is 205 Å². The monoisotopic (exact) mass is 502 g/mol. The molecule has 1 amide bonds. The minimum Gasteiger partial charge on any atom is -0.402 e. The van der Waals surface area contributed by atoms with Crippen LogP contribution in [0.15, 0.2) is 54.1 Å². The number of aryl methyl sites for hydroxylation is 1. The number of allylic oxidation sites excluding steroid dienone is 1. The molecule has 1 saturated carbocycles. The number of nitrogens with one attached hydrogen (secondary N) is 1. The van der Waals surface area contributed by atoms with Crippen LogP contribution >= 0.6 is 0 Å². The molecular weight excluding hydrogens is 476 g/mol. The maximum atomic E-state index is 13.7. The number of fused-ring (bicyclic) bond motifs is 1. The molecule has 4 rings (SSSR count). The molecule has 7 nitrogen and oxygen atoms in total. The number of likely N-dealkylation sites (tertiary alicyclic amines) is 1. The first kappa shape index (κ1) is 25.3. The lowest BCUT2D eigenvalue weighted by atomic mass is 10.00. The van der Waals surface area contributed by atoms with Crippen molar-refractivity contribution in [1.82, 2.24) is 14.9 Å². The summed E-state index contributed by atoms with van der Waals surface area (Å²) >= 11 is 0. The van der Waals surface area contributed by atoms with Crippen molar-refractivity contribution in [2.75, 3.05) is 18.4 Å². The molecular formula is C25H26F4N6O. The van der Waals surface area contributed by atoms with E-state index in [1.165, 1.54) is 6.07 Å². The topological polar surface area (TPSA) is 96.5 Å². The highest BCUT2D eigenvalue weighted by Gasteiger charge is 2.47. The number of hydrogen-bond acceptors (Lipinski definition) is 6. The van der Waals surface area contributed by atoms with E-state index < -0.39 is 17.6 Å². The summed E-state index contributed by atoms with van der Waals surface area (Å²) in [6.45, 7) is 6.47. The van der Waals surface area contributed by atoms with Crippen LogP contribution in [0.4, 0.5) is 23.4 Å². The number of rotatable bonds is 7. The largest absolute Gasteiger partial charge is 0.417 e. The Hall–Kier alpha value is -3.76. The van der Waals surface area contributed by atoms with Crippen LogP contribution < -0.4 is 11.1 Å². The van der Waals surface area contributed by atoms with Gasteiger partial charge in [0.05, 0.1) is 17.5 Å². The van der Waals surface area contributed by atoms with E-state index in [4.69, 9.17) is 5.73 Å². The highest BCUT2D eigenvalue weighted by atomic mass is 19.4. The van der Waals surface area contributed by atoms with Gasteiger partial charge in [-0.3, -0.25) is 9.79 Å². The van der Waals surface area contributed by atoms with Crippen molar-refractivity contribution in [3.05, 3.63) is 71.6 Å². The summed E-state index contributed by atoms with van der Waals surface area (Å²) in [6, 6.07) is 5.41. The van der Waals surface area contributed by atoms with Gasteiger partial charge >= 0.3 is 6.18 Å². The first-order valence-electron chi connectivity index (χ1n) is 11.4. The maximum Gasteiger partial charge on any atom is 0.417 e. The first-order chi connectivity index (χ1) is 17.1. The molecule has 1 aliphatic carbocycles. The van der Waals surface area contributed by atoms with Crippen molar-refractivity contribution in [1.29, 1.82) is 0 Å². The van der Waals surface area contributed by atoms with Crippen LogP contribution in [0.2, 0.25) is 0 Å². The number of anilines is 1. The number of carbonyl (C=O) groups is 1. The lowest BCUT2D eigenvalue weighted by Crippen LogP contribution is -2.48. The third kappa shape index (κ3) is 5.72. The van der Waals surface area contributed by atoms with E-state index in [2.05, 4.69) is 26.9 Å². The smallest absolute Gasteiger partial charge is 0.402 e. The van der Waals surface area contributed by atoms with Crippen molar-refractivity contribution >= 4 is 23.6 Å². The summed E-state index contributed by atoms with van der Waals surface area (Å²) in [7, 11) is 0. The summed E-state index contributed by atoms with van der Waals surface area (Å²) in [6.07, 6.45) is -0.223. The van der Waals surface area contributed by atoms with Crippen LogP contribution in [-0.4, -0.2) is 46.1 Å². The van der Waals surface area contributed by atoms with Crippen molar-refractivity contribution in [3.63, 3.8) is 0 Å². The van der Waals surface area contributed by atoms with Crippen molar-refractivity contribution in [3.8, 4) is 0 Å². The fourth-order valence-electron chi connectivity index (χ4n) is 4.37. The van der Waals surface area contributed by atoms with E-state index in [-0.39, 0.29) is 23.3 Å². The lowest BCUT2D eigenvalue weighted by Gasteiger charge is -2.36. The van der Waals surface area contributed by atoms with E-state index in [1.807, 2.05) is 0 Å². The standard InChI is InChI=1S/C25H26F4N6O/c1-14-3-5-21(15(2)31-11-19(26)9-30)23(34-14)24(36)35-13-17-7-16(17)8-20(35)12-33-22-6-4-18(10-32-22)25(27,28)29/h3-6,9-11,16-17,20H,2,7-8,12-13,30H2,1H3,(H,32,33)/b19-9+,31-11?/t16-,17+,20?/m1/s1. The van der Waals surface area contributed by atoms with Crippen LogP contribution in [0.5, 0.6) is 0 Å². The number of nitrogens with zero attached hydrogens (tertiary/aromatic N) is 4. The molecule has 2 fully saturated rings. The predicted octanol–water partition coefficient (Wildman–Crippen LogP) is 4.58. The number of amides is 1. The van der Waals surface area contributed by atoms with Gasteiger partial charge in [0.15, 0.2) is 5.83 Å². The lowest BCUT2D eigenvalue weighted by molar-refractivity contribution is -0.137. The summed E-state index contributed by atoms with van der Waals surface area (Å²) in [5.41, 5.74) is 5.62. The van der Waals surface area contributed by atoms with Gasteiger partial charge in [0.25, 0.3) is 5.91 Å². The van der Waals surface area contributed by atoms with Gasteiger partial charge in [-0.05, 0) is 55.9 Å². The molecule has 11 heteroatoms. The number of hydrogen-bond donors (Lipinski definition) is 2. The third-order valence-electron chi connectivity index (χ3n) is 6.44. The second-order valence-electron chi connectivity index (χ2n) is 9.02. The highest BCUT2D eigenvalue weighted by Crippen LogP contribution is 2.47. The van der Waals surface area contributed by atoms with Crippen LogP contribution in [-0.2, 0) is 6.18 Å². The van der Waals surface area contributed by atoms with E-state index in [9.17, 15) is 22.4 Å². The molecule has 0 bridgehead atoms. The number of aliphatic imine (C=N–C) groups is 1. The van der Waals surface area contributed by atoms with Gasteiger partial charge in [-0.1, -0.05) is 6.58 Å². The van der Waals surface area contributed by atoms with Gasteiger partial charge < -0.3 is 16.0 Å². The van der Waals surface area contributed by atoms with Gasteiger partial charge in [-0.2, -0.15) is 13.2 Å².